The van der Waals surface area contributed by atoms with Crippen molar-refractivity contribution in [3.63, 3.8) is 0 Å². The molecule has 0 bridgehead atoms. The number of hydrogen-bond donors (Lipinski definition) is 1. The van der Waals surface area contributed by atoms with Gasteiger partial charge in [0.1, 0.15) is 0 Å². The Balaban J connectivity index is 1.97. The quantitative estimate of drug-likeness (QED) is 0.741. The normalized spacial score (nSPS) is 18.3. The second-order valence-electron chi connectivity index (χ2n) is 5.15. The van der Waals surface area contributed by atoms with Crippen LogP contribution in [0.4, 0.5) is 0 Å². The molecule has 0 saturated carbocycles. The van der Waals surface area contributed by atoms with Crippen molar-refractivity contribution in [3.05, 3.63) is 65.1 Å². The first kappa shape index (κ1) is 11.8. The highest BCUT2D eigenvalue weighted by molar-refractivity contribution is 7.08. The first-order valence-electron chi connectivity index (χ1n) is 6.96. The molecule has 20 heavy (non-hydrogen) atoms. The largest absolute Gasteiger partial charge is 0.391 e. The highest BCUT2D eigenvalue weighted by Crippen LogP contribution is 2.32. The monoisotopic (exact) mass is 280 g/mol. The van der Waals surface area contributed by atoms with Gasteiger partial charge in [-0.3, -0.25) is 0 Å². The average Bonchev–Trinajstić information content (AvgIpc) is 3.14. The molecule has 4 rings (SSSR count). The van der Waals surface area contributed by atoms with Crippen LogP contribution in [0.15, 0.2) is 59.4 Å². The van der Waals surface area contributed by atoms with E-state index in [0.29, 0.717) is 5.92 Å². The van der Waals surface area contributed by atoms with E-state index < -0.39 is 0 Å². The molecule has 1 unspecified atom stereocenters. The number of thiophene rings is 1. The van der Waals surface area contributed by atoms with E-state index in [1.807, 2.05) is 0 Å². The van der Waals surface area contributed by atoms with Crippen LogP contribution < -0.4 is 5.32 Å². The van der Waals surface area contributed by atoms with Gasteiger partial charge in [0.2, 0.25) is 0 Å². The third-order valence-electron chi connectivity index (χ3n) is 3.93. The van der Waals surface area contributed by atoms with Crippen LogP contribution in [-0.4, -0.2) is 11.1 Å². The zero-order valence-electron chi connectivity index (χ0n) is 11.1. The van der Waals surface area contributed by atoms with Gasteiger partial charge in [-0.2, -0.15) is 11.3 Å². The molecule has 2 nitrogen and oxygen atoms in total. The molecule has 0 fully saturated rings. The second kappa shape index (κ2) is 4.84. The first-order chi connectivity index (χ1) is 9.93. The molecule has 3 aromatic rings. The van der Waals surface area contributed by atoms with Crippen LogP contribution >= 0.6 is 11.3 Å². The van der Waals surface area contributed by atoms with Crippen molar-refractivity contribution < 1.29 is 0 Å². The van der Waals surface area contributed by atoms with E-state index in [9.17, 15) is 0 Å². The Bertz CT molecular complexity index is 752. The molecule has 0 radical (unpaired) electrons. The van der Waals surface area contributed by atoms with Gasteiger partial charge in [0.25, 0.3) is 0 Å². The number of aromatic nitrogens is 1. The number of nitrogens with zero attached hydrogens (tertiary/aromatic N) is 1. The van der Waals surface area contributed by atoms with Gasteiger partial charge >= 0.3 is 0 Å². The molecular formula is C17H16N2S. The van der Waals surface area contributed by atoms with Crippen molar-refractivity contribution in [2.24, 2.45) is 0 Å². The standard InChI is InChI=1S/C17H16N2S/c1-2-4-16-14(3-1)11-17(13-5-8-18-9-6-13)19(16)15-7-10-20-12-15/h1-5,7-8,10-13,18H,6,9H2. The first-order valence-corrected chi connectivity index (χ1v) is 7.91. The van der Waals surface area contributed by atoms with Crippen LogP contribution in [0.2, 0.25) is 0 Å². The summed E-state index contributed by atoms with van der Waals surface area (Å²) in [5.41, 5.74) is 3.97. The molecule has 0 saturated heterocycles. The number of benzene rings is 1. The lowest BCUT2D eigenvalue weighted by atomic mass is 9.99. The van der Waals surface area contributed by atoms with Gasteiger partial charge in [-0.05, 0) is 36.2 Å². The number of allylic oxidation sites excluding steroid dienone is 1. The predicted molar refractivity (Wildman–Crippen MR) is 85.7 cm³/mol. The van der Waals surface area contributed by atoms with Gasteiger partial charge in [0.15, 0.2) is 0 Å². The highest BCUT2D eigenvalue weighted by Gasteiger charge is 2.18. The van der Waals surface area contributed by atoms with Crippen molar-refractivity contribution in [2.75, 3.05) is 6.54 Å². The molecule has 1 N–H and O–H groups in total. The molecule has 1 aliphatic heterocycles. The molecular weight excluding hydrogens is 264 g/mol. The molecule has 1 aliphatic rings. The van der Waals surface area contributed by atoms with Crippen LogP contribution in [0.1, 0.15) is 18.0 Å². The van der Waals surface area contributed by atoms with Crippen LogP contribution in [0.25, 0.3) is 16.6 Å². The zero-order chi connectivity index (χ0) is 13.4. The maximum absolute atomic E-state index is 3.28. The number of para-hydroxylation sites is 1. The van der Waals surface area contributed by atoms with Crippen molar-refractivity contribution in [1.82, 2.24) is 9.88 Å². The zero-order valence-corrected chi connectivity index (χ0v) is 11.9. The van der Waals surface area contributed by atoms with Crippen LogP contribution in [0, 0.1) is 0 Å². The lowest BCUT2D eigenvalue weighted by Gasteiger charge is -2.19. The van der Waals surface area contributed by atoms with Crippen LogP contribution in [0.3, 0.4) is 0 Å². The minimum atomic E-state index is 0.489. The fraction of sp³-hybridized carbons (Fsp3) is 0.176. The number of nitrogens with one attached hydrogen (secondary N) is 1. The van der Waals surface area contributed by atoms with E-state index in [1.165, 1.54) is 22.3 Å². The van der Waals surface area contributed by atoms with Crippen molar-refractivity contribution >= 4 is 22.2 Å². The Hall–Kier alpha value is -2.00. The minimum absolute atomic E-state index is 0.489. The molecule has 1 atom stereocenters. The molecule has 2 aromatic heterocycles. The summed E-state index contributed by atoms with van der Waals surface area (Å²) in [7, 11) is 0. The van der Waals surface area contributed by atoms with Crippen molar-refractivity contribution in [1.29, 1.82) is 0 Å². The SMILES string of the molecule is C1=CC(c2cc3ccccc3n2-c2ccsc2)CCN1. The summed E-state index contributed by atoms with van der Waals surface area (Å²) in [6.07, 6.45) is 5.52. The van der Waals surface area contributed by atoms with E-state index in [4.69, 9.17) is 0 Å². The van der Waals surface area contributed by atoms with E-state index >= 15 is 0 Å². The fourth-order valence-corrected chi connectivity index (χ4v) is 3.59. The summed E-state index contributed by atoms with van der Waals surface area (Å²) in [6, 6.07) is 13.2. The molecule has 1 aromatic carbocycles. The minimum Gasteiger partial charge on any atom is -0.391 e. The Labute approximate surface area is 122 Å². The number of fused-ring (bicyclic) bond motifs is 1. The Morgan fingerprint density at radius 3 is 2.95 bits per heavy atom. The van der Waals surface area contributed by atoms with E-state index in [0.717, 1.165) is 13.0 Å². The van der Waals surface area contributed by atoms with Gasteiger partial charge in [0.05, 0.1) is 11.2 Å². The lowest BCUT2D eigenvalue weighted by Crippen LogP contribution is -2.17. The number of hydrogen-bond acceptors (Lipinski definition) is 2. The van der Waals surface area contributed by atoms with E-state index in [1.54, 1.807) is 11.3 Å². The third-order valence-corrected chi connectivity index (χ3v) is 4.60. The summed E-state index contributed by atoms with van der Waals surface area (Å²) < 4.78 is 2.41. The predicted octanol–water partition coefficient (Wildman–Crippen LogP) is 4.28. The van der Waals surface area contributed by atoms with E-state index in [-0.39, 0.29) is 0 Å². The molecule has 100 valence electrons. The van der Waals surface area contributed by atoms with Crippen molar-refractivity contribution in [2.45, 2.75) is 12.3 Å². The molecule has 3 heterocycles. The average molecular weight is 280 g/mol. The van der Waals surface area contributed by atoms with Gasteiger partial charge < -0.3 is 9.88 Å². The summed E-state index contributed by atoms with van der Waals surface area (Å²) in [6.45, 7) is 1.05. The summed E-state index contributed by atoms with van der Waals surface area (Å²) >= 11 is 1.75. The van der Waals surface area contributed by atoms with Gasteiger partial charge in [-0.15, -0.1) is 0 Å². The van der Waals surface area contributed by atoms with E-state index in [2.05, 4.69) is 69.3 Å². The maximum Gasteiger partial charge on any atom is 0.0565 e. The molecule has 3 heteroatoms. The van der Waals surface area contributed by atoms with Crippen molar-refractivity contribution in [3.8, 4) is 5.69 Å². The van der Waals surface area contributed by atoms with Crippen LogP contribution in [0.5, 0.6) is 0 Å². The smallest absolute Gasteiger partial charge is 0.0565 e. The second-order valence-corrected chi connectivity index (χ2v) is 5.93. The fourth-order valence-electron chi connectivity index (χ4n) is 2.97. The molecule has 0 aliphatic carbocycles. The number of rotatable bonds is 2. The Morgan fingerprint density at radius 2 is 2.15 bits per heavy atom. The summed E-state index contributed by atoms with van der Waals surface area (Å²) in [4.78, 5) is 0. The topological polar surface area (TPSA) is 17.0 Å². The summed E-state index contributed by atoms with van der Waals surface area (Å²) in [5, 5.41) is 8.97. The van der Waals surface area contributed by atoms with Gasteiger partial charge in [-0.25, -0.2) is 0 Å². The van der Waals surface area contributed by atoms with Gasteiger partial charge in [0, 0.05) is 28.9 Å². The maximum atomic E-state index is 3.28. The highest BCUT2D eigenvalue weighted by atomic mass is 32.1. The molecule has 0 amide bonds. The Morgan fingerprint density at radius 1 is 1.20 bits per heavy atom. The summed E-state index contributed by atoms with van der Waals surface area (Å²) in [5.74, 6) is 0.489. The lowest BCUT2D eigenvalue weighted by molar-refractivity contribution is 0.638. The van der Waals surface area contributed by atoms with Gasteiger partial charge in [-0.1, -0.05) is 24.3 Å². The third kappa shape index (κ3) is 1.86. The Kier molecular flexibility index (Phi) is 2.85. The molecule has 0 spiro atoms. The van der Waals surface area contributed by atoms with Crippen LogP contribution in [-0.2, 0) is 0 Å².